The molecular weight excluding hydrogens is 1400 g/mol. The number of carbonyl (C=O) groups excluding carboxylic acids is 1. The van der Waals surface area contributed by atoms with Gasteiger partial charge in [0.05, 0.1) is 37.1 Å². The zero-order valence-corrected chi connectivity index (χ0v) is 67.5. The Balaban J connectivity index is 0.657. The number of unbranched alkanes of at least 4 members (excludes halogenated alkanes) is 30. The third kappa shape index (κ3) is 29.7. The third-order valence-electron chi connectivity index (χ3n) is 23.2. The van der Waals surface area contributed by atoms with E-state index in [1.807, 2.05) is 10.9 Å². The lowest BCUT2D eigenvalue weighted by molar-refractivity contribution is -0.306. The molecule has 622 valence electrons. The normalized spacial score (nSPS) is 30.2. The number of hydrogen-bond acceptors (Lipinski definition) is 25. The molecule has 0 radical (unpaired) electrons. The van der Waals surface area contributed by atoms with E-state index in [4.69, 9.17) is 77.0 Å². The summed E-state index contributed by atoms with van der Waals surface area (Å²) >= 11 is 1.63. The zero-order chi connectivity index (χ0) is 77.8. The Morgan fingerprint density at radius 2 is 1.08 bits per heavy atom. The van der Waals surface area contributed by atoms with Crippen molar-refractivity contribution in [3.8, 4) is 11.5 Å². The molecule has 1 aromatic carbocycles. The van der Waals surface area contributed by atoms with Crippen molar-refractivity contribution in [2.24, 2.45) is 34.4 Å². The van der Waals surface area contributed by atoms with E-state index >= 15 is 0 Å². The van der Waals surface area contributed by atoms with E-state index in [0.717, 1.165) is 123 Å². The predicted molar refractivity (Wildman–Crippen MR) is 423 cm³/mol. The van der Waals surface area contributed by atoms with E-state index in [-0.39, 0.29) is 31.1 Å². The number of carbonyl (C=O) groups is 1. The van der Waals surface area contributed by atoms with Gasteiger partial charge in [-0.2, -0.15) is 11.8 Å². The van der Waals surface area contributed by atoms with Crippen LogP contribution in [0.3, 0.4) is 0 Å². The summed E-state index contributed by atoms with van der Waals surface area (Å²) in [5.41, 5.74) is 42.1. The fourth-order valence-corrected chi connectivity index (χ4v) is 17.0. The lowest BCUT2D eigenvalue weighted by atomic mass is 9.84. The second-order valence-electron chi connectivity index (χ2n) is 32.2. The molecule has 3 saturated heterocycles. The Kier molecular flexibility index (Phi) is 42.9. The van der Waals surface area contributed by atoms with Gasteiger partial charge in [0.15, 0.2) is 18.9 Å². The van der Waals surface area contributed by atoms with Gasteiger partial charge >= 0.3 is 5.97 Å². The number of hydrogen-bond donors (Lipinski definition) is 12. The summed E-state index contributed by atoms with van der Waals surface area (Å²) in [7, 11) is 0. The molecule has 2 aromatic rings. The zero-order valence-electron chi connectivity index (χ0n) is 66.7. The SMILES string of the molecule is CCCCCCCC/C=C/CCCCCCCC(=O)Oc1c(C)c(C)c2c(c1C)CC[C@@](C)(CCCCCCCCCOCc1cn(CCCCCCCCCCCCCCCCSC[C@H]3O[C@@H](O[C@@H]4[C@@H](O)[C@H](N)C[C@H](N)[C@H]4O[C@H]4O[C@H](CN)[C@@H](O)[C@H](O)[C@H]4N)[C@H](O)[C@@H]3O[C@H]3O[C@@H](CN)[C@@H](O)[C@H](O)[C@H]3N)nn1)O2. The summed E-state index contributed by atoms with van der Waals surface area (Å²) in [5.74, 6) is 2.82. The molecular formula is C82H147N9O16S. The fourth-order valence-electron chi connectivity index (χ4n) is 15.9. The van der Waals surface area contributed by atoms with E-state index in [2.05, 4.69) is 57.1 Å². The van der Waals surface area contributed by atoms with Crippen LogP contribution >= 0.6 is 11.8 Å². The monoisotopic (exact) mass is 1550 g/mol. The van der Waals surface area contributed by atoms with Crippen molar-refractivity contribution < 1.29 is 78.1 Å². The molecule has 5 aliphatic rings. The molecule has 1 saturated carbocycles. The standard InChI is InChI=1S/C82H147N9O16S/c1-6-7-8-9-10-11-12-13-14-17-20-23-27-32-37-42-65(92)103-74-55(2)56(3)75-59(57(74)4)43-45-82(5,107-75)44-38-33-28-26-30-35-40-47-99-53-58-52-91(90-89-58)46-39-34-29-24-21-18-15-16-19-22-25-31-36-41-48-108-54-64-77(105-80-67(88)72(97)70(95)63(51-84)101-80)73(98)81(102-64)106-78-68(93)60(85)49-61(86)76(78)104-79-66(87)71(96)69(94)62(50-83)100-79/h13-14,52,60-64,66-73,76-81,93-98H,6-12,15-51,53-54,83-88H2,1-5H3/b14-13+/t60-,61+,62-,63+,64-,66-,67-,68+,69-,70-,71-,72-,73-,76-,77-,78-,79-,80-,81+,82-/m1/s1. The maximum absolute atomic E-state index is 13.0. The molecule has 0 amide bonds. The summed E-state index contributed by atoms with van der Waals surface area (Å²) in [4.78, 5) is 13.0. The number of allylic oxidation sites excluding steroid dienone is 2. The van der Waals surface area contributed by atoms with E-state index in [1.54, 1.807) is 11.8 Å². The molecule has 25 nitrogen and oxygen atoms in total. The number of nitrogens with zero attached hydrogens (tertiary/aromatic N) is 3. The minimum Gasteiger partial charge on any atom is -0.487 e. The molecule has 4 aliphatic heterocycles. The van der Waals surface area contributed by atoms with Gasteiger partial charge in [-0.1, -0.05) is 185 Å². The first-order valence-corrected chi connectivity index (χ1v) is 43.5. The second-order valence-corrected chi connectivity index (χ2v) is 33.4. The number of nitrogens with two attached hydrogens (primary N) is 6. The quantitative estimate of drug-likeness (QED) is 0.0127. The fraction of sp³-hybridized carbons (Fsp3) is 0.866. The molecule has 26 heteroatoms. The van der Waals surface area contributed by atoms with E-state index in [9.17, 15) is 35.4 Å². The molecule has 1 aromatic heterocycles. The van der Waals surface area contributed by atoms with E-state index in [1.165, 1.54) is 173 Å². The minimum absolute atomic E-state index is 0.117. The van der Waals surface area contributed by atoms with Gasteiger partial charge in [0.2, 0.25) is 0 Å². The first kappa shape index (κ1) is 92.1. The van der Waals surface area contributed by atoms with E-state index < -0.39 is 116 Å². The van der Waals surface area contributed by atoms with Crippen LogP contribution < -0.4 is 43.9 Å². The van der Waals surface area contributed by atoms with Crippen molar-refractivity contribution in [1.82, 2.24) is 15.0 Å². The minimum atomic E-state index is -1.49. The van der Waals surface area contributed by atoms with Gasteiger partial charge in [-0.05, 0) is 134 Å². The average molecular weight is 1550 g/mol. The van der Waals surface area contributed by atoms with Crippen LogP contribution in [0.25, 0.3) is 0 Å². The number of thioether (sulfide) groups is 1. The topological polar surface area (TPSA) is 408 Å². The molecule has 1 aliphatic carbocycles. The Hall–Kier alpha value is -3.04. The Labute approximate surface area is 651 Å². The number of aliphatic hydroxyl groups excluding tert-OH is 6. The predicted octanol–water partition coefficient (Wildman–Crippen LogP) is 9.89. The van der Waals surface area contributed by atoms with Gasteiger partial charge in [0.1, 0.15) is 83.8 Å². The van der Waals surface area contributed by atoms with Gasteiger partial charge in [-0.25, -0.2) is 0 Å². The van der Waals surface area contributed by atoms with Gasteiger partial charge in [-0.3, -0.25) is 9.48 Å². The molecule has 7 rings (SSSR count). The number of fused-ring (bicyclic) bond motifs is 1. The van der Waals surface area contributed by atoms with Crippen LogP contribution in [0.4, 0.5) is 0 Å². The van der Waals surface area contributed by atoms with Crippen LogP contribution in [0.5, 0.6) is 11.5 Å². The molecule has 4 fully saturated rings. The summed E-state index contributed by atoms with van der Waals surface area (Å²) in [6.45, 7) is 12.7. The summed E-state index contributed by atoms with van der Waals surface area (Å²) < 4.78 is 57.8. The van der Waals surface area contributed by atoms with Gasteiger partial charge < -0.3 is 108 Å². The first-order chi connectivity index (χ1) is 52.2. The highest BCUT2D eigenvalue weighted by Crippen LogP contribution is 2.46. The molecule has 20 atom stereocenters. The van der Waals surface area contributed by atoms with Crippen molar-refractivity contribution in [1.29, 1.82) is 0 Å². The smallest absolute Gasteiger partial charge is 0.311 e. The van der Waals surface area contributed by atoms with Gasteiger partial charge in [0.25, 0.3) is 0 Å². The van der Waals surface area contributed by atoms with Crippen LogP contribution in [-0.2, 0) is 57.5 Å². The Morgan fingerprint density at radius 3 is 1.67 bits per heavy atom. The highest BCUT2D eigenvalue weighted by molar-refractivity contribution is 7.99. The van der Waals surface area contributed by atoms with Crippen molar-refractivity contribution in [3.63, 3.8) is 0 Å². The summed E-state index contributed by atoms with van der Waals surface area (Å²) in [6.07, 6.45) is 32.7. The number of benzene rings is 1. The molecule has 5 heterocycles. The van der Waals surface area contributed by atoms with Crippen molar-refractivity contribution in [2.75, 3.05) is 31.2 Å². The van der Waals surface area contributed by atoms with Gasteiger partial charge in [0, 0.05) is 56.1 Å². The summed E-state index contributed by atoms with van der Waals surface area (Å²) in [6, 6.07) is -4.09. The number of aliphatic hydroxyl groups is 6. The number of ether oxygens (including phenoxy) is 9. The molecule has 108 heavy (non-hydrogen) atoms. The first-order valence-electron chi connectivity index (χ1n) is 42.4. The lowest BCUT2D eigenvalue weighted by Crippen LogP contribution is -2.68. The lowest BCUT2D eigenvalue weighted by Gasteiger charge is -2.47. The molecule has 0 unspecified atom stereocenters. The van der Waals surface area contributed by atoms with Gasteiger partial charge in [-0.15, -0.1) is 5.10 Å². The molecule has 0 bridgehead atoms. The average Bonchev–Trinajstić information content (AvgIpc) is 0.999. The maximum Gasteiger partial charge on any atom is 0.311 e. The second kappa shape index (κ2) is 50.3. The Morgan fingerprint density at radius 1 is 0.574 bits per heavy atom. The van der Waals surface area contributed by atoms with E-state index in [0.29, 0.717) is 18.8 Å². The Bertz CT molecular complexity index is 2820. The van der Waals surface area contributed by atoms with Crippen LogP contribution in [-0.4, -0.2) is 205 Å². The van der Waals surface area contributed by atoms with Crippen molar-refractivity contribution in [2.45, 2.75) is 420 Å². The maximum atomic E-state index is 13.0. The summed E-state index contributed by atoms with van der Waals surface area (Å²) in [5, 5.41) is 74.5. The van der Waals surface area contributed by atoms with Crippen LogP contribution in [0.1, 0.15) is 286 Å². The number of rotatable bonds is 55. The highest BCUT2D eigenvalue weighted by Gasteiger charge is 2.55. The number of esters is 1. The molecule has 0 spiro atoms. The third-order valence-corrected chi connectivity index (χ3v) is 24.3. The van der Waals surface area contributed by atoms with Crippen LogP contribution in [0.2, 0.25) is 0 Å². The largest absolute Gasteiger partial charge is 0.487 e. The van der Waals surface area contributed by atoms with Crippen molar-refractivity contribution in [3.05, 3.63) is 46.3 Å². The van der Waals surface area contributed by atoms with Crippen LogP contribution in [0.15, 0.2) is 18.3 Å². The number of aryl methyl sites for hydroxylation is 1. The molecule has 18 N–H and O–H groups in total. The van der Waals surface area contributed by atoms with Crippen molar-refractivity contribution >= 4 is 17.7 Å². The van der Waals surface area contributed by atoms with Crippen LogP contribution in [0, 0.1) is 20.8 Å². The highest BCUT2D eigenvalue weighted by atomic mass is 32.2. The number of aromatic nitrogens is 3.